The summed E-state index contributed by atoms with van der Waals surface area (Å²) >= 11 is 1.42. The maximum absolute atomic E-state index is 12.6. The van der Waals surface area contributed by atoms with Gasteiger partial charge in [-0.15, -0.1) is 10.2 Å². The highest BCUT2D eigenvalue weighted by atomic mass is 32.2. The van der Waals surface area contributed by atoms with Crippen molar-refractivity contribution in [2.24, 2.45) is 7.05 Å². The van der Waals surface area contributed by atoms with Crippen LogP contribution in [-0.2, 0) is 16.6 Å². The Balaban J connectivity index is 1.52. The van der Waals surface area contributed by atoms with E-state index in [4.69, 9.17) is 0 Å². The van der Waals surface area contributed by atoms with Gasteiger partial charge in [-0.1, -0.05) is 36.0 Å². The van der Waals surface area contributed by atoms with Gasteiger partial charge in [0.1, 0.15) is 0 Å². The molecular weight excluding hydrogens is 388 g/mol. The number of carbonyl (C=O) groups excluding carboxylic acids is 2. The minimum Gasteiger partial charge on any atom is -0.344 e. The number of rotatable bonds is 6. The van der Waals surface area contributed by atoms with E-state index >= 15 is 0 Å². The fourth-order valence-corrected chi connectivity index (χ4v) is 4.15. The average molecular weight is 418 g/mol. The molecular formula is C20H29N6O2S+. The van der Waals surface area contributed by atoms with E-state index in [2.05, 4.69) is 10.2 Å². The Morgan fingerprint density at radius 2 is 1.86 bits per heavy atom. The van der Waals surface area contributed by atoms with E-state index in [1.807, 2.05) is 47.7 Å². The van der Waals surface area contributed by atoms with Crippen LogP contribution >= 0.6 is 11.8 Å². The Hall–Kier alpha value is -2.39. The molecule has 1 N–H and O–H groups in total. The van der Waals surface area contributed by atoms with Crippen molar-refractivity contribution < 1.29 is 14.5 Å². The second kappa shape index (κ2) is 9.41. The molecule has 0 unspecified atom stereocenters. The van der Waals surface area contributed by atoms with Crippen molar-refractivity contribution >= 4 is 23.6 Å². The zero-order valence-corrected chi connectivity index (χ0v) is 18.3. The molecule has 8 nitrogen and oxygen atoms in total. The van der Waals surface area contributed by atoms with Crippen LogP contribution in [0.15, 0.2) is 29.4 Å². The molecule has 9 heteroatoms. The maximum Gasteiger partial charge on any atom is 0.277 e. The number of quaternary nitrogens is 1. The van der Waals surface area contributed by atoms with Crippen molar-refractivity contribution in [2.75, 3.05) is 52.6 Å². The third-order valence-corrected chi connectivity index (χ3v) is 6.27. The molecule has 0 bridgehead atoms. The van der Waals surface area contributed by atoms with E-state index in [-0.39, 0.29) is 11.8 Å². The smallest absolute Gasteiger partial charge is 0.277 e. The molecule has 1 aliphatic heterocycles. The number of hydrogen-bond donors (Lipinski definition) is 1. The first-order chi connectivity index (χ1) is 13.9. The summed E-state index contributed by atoms with van der Waals surface area (Å²) in [6.07, 6.45) is 0. The summed E-state index contributed by atoms with van der Waals surface area (Å²) in [5, 5.41) is 9.32. The number of aromatic nitrogens is 3. The molecule has 1 aromatic heterocycles. The number of hydrogen-bond acceptors (Lipinski definition) is 5. The molecule has 156 valence electrons. The lowest BCUT2D eigenvalue weighted by molar-refractivity contribution is -0.896. The van der Waals surface area contributed by atoms with Gasteiger partial charge >= 0.3 is 0 Å². The number of benzene rings is 1. The van der Waals surface area contributed by atoms with Gasteiger partial charge in [0.25, 0.3) is 5.91 Å². The molecule has 0 saturated carbocycles. The fraction of sp³-hybridized carbons (Fsp3) is 0.500. The topological polar surface area (TPSA) is 75.8 Å². The first-order valence-electron chi connectivity index (χ1n) is 9.76. The van der Waals surface area contributed by atoms with Crippen LogP contribution in [0.25, 0.3) is 11.4 Å². The van der Waals surface area contributed by atoms with Crippen molar-refractivity contribution in [3.8, 4) is 11.4 Å². The van der Waals surface area contributed by atoms with Crippen LogP contribution in [-0.4, -0.2) is 89.0 Å². The highest BCUT2D eigenvalue weighted by Gasteiger charge is 2.26. The molecule has 1 aliphatic rings. The Labute approximate surface area is 175 Å². The van der Waals surface area contributed by atoms with E-state index in [1.165, 1.54) is 16.7 Å². The second-order valence-electron chi connectivity index (χ2n) is 7.56. The molecule has 0 radical (unpaired) electrons. The molecule has 0 spiro atoms. The van der Waals surface area contributed by atoms with E-state index in [0.717, 1.165) is 35.2 Å². The van der Waals surface area contributed by atoms with Crippen molar-refractivity contribution in [1.29, 1.82) is 0 Å². The van der Waals surface area contributed by atoms with Gasteiger partial charge < -0.3 is 19.3 Å². The summed E-state index contributed by atoms with van der Waals surface area (Å²) in [6.45, 7) is 5.51. The first-order valence-corrected chi connectivity index (χ1v) is 10.7. The van der Waals surface area contributed by atoms with Crippen LogP contribution in [0.1, 0.15) is 5.56 Å². The lowest BCUT2D eigenvalue weighted by Gasteiger charge is -2.32. The van der Waals surface area contributed by atoms with Gasteiger partial charge in [-0.2, -0.15) is 0 Å². The molecule has 2 aromatic rings. The Morgan fingerprint density at radius 3 is 2.52 bits per heavy atom. The van der Waals surface area contributed by atoms with Gasteiger partial charge in [-0.05, 0) is 12.5 Å². The number of nitrogens with one attached hydrogen (secondary N) is 1. The largest absolute Gasteiger partial charge is 0.344 e. The standard InChI is InChI=1S/C20H28N6O2S/c1-15-7-5-6-8-16(15)19-21-22-20(24(19)4)29-14-18(28)26-11-9-25(10-12-26)13-17(27)23(2)3/h5-8H,9-14H2,1-4H3/p+1. The number of nitrogens with zero attached hydrogens (tertiary/aromatic N) is 5. The number of thioether (sulfide) groups is 1. The van der Waals surface area contributed by atoms with Crippen molar-refractivity contribution in [3.05, 3.63) is 29.8 Å². The van der Waals surface area contributed by atoms with Crippen LogP contribution in [0.4, 0.5) is 0 Å². The molecule has 3 rings (SSSR count). The normalized spacial score (nSPS) is 14.8. The Kier molecular flexibility index (Phi) is 6.92. The summed E-state index contributed by atoms with van der Waals surface area (Å²) in [6, 6.07) is 8.07. The van der Waals surface area contributed by atoms with Crippen LogP contribution < -0.4 is 4.90 Å². The molecule has 1 fully saturated rings. The first kappa shape index (κ1) is 21.3. The average Bonchev–Trinajstić information content (AvgIpc) is 3.07. The Morgan fingerprint density at radius 1 is 1.17 bits per heavy atom. The van der Waals surface area contributed by atoms with Gasteiger partial charge in [-0.3, -0.25) is 9.59 Å². The number of carbonyl (C=O) groups is 2. The number of amides is 2. The van der Waals surface area contributed by atoms with Crippen LogP contribution in [0.2, 0.25) is 0 Å². The molecule has 1 saturated heterocycles. The van der Waals surface area contributed by atoms with Crippen LogP contribution in [0.5, 0.6) is 0 Å². The SMILES string of the molecule is Cc1ccccc1-c1nnc(SCC(=O)N2CC[NH+](CC(=O)N(C)C)CC2)n1C. The summed E-state index contributed by atoms with van der Waals surface area (Å²) in [7, 11) is 5.48. The summed E-state index contributed by atoms with van der Waals surface area (Å²) < 4.78 is 1.94. The van der Waals surface area contributed by atoms with Crippen LogP contribution in [0.3, 0.4) is 0 Å². The van der Waals surface area contributed by atoms with Gasteiger partial charge in [-0.25, -0.2) is 0 Å². The quantitative estimate of drug-likeness (QED) is 0.653. The maximum atomic E-state index is 12.6. The predicted octanol–water partition coefficient (Wildman–Crippen LogP) is -0.302. The zero-order valence-electron chi connectivity index (χ0n) is 17.5. The Bertz CT molecular complexity index is 874. The summed E-state index contributed by atoms with van der Waals surface area (Å²) in [5.74, 6) is 1.38. The second-order valence-corrected chi connectivity index (χ2v) is 8.51. The van der Waals surface area contributed by atoms with Gasteiger partial charge in [0, 0.05) is 26.7 Å². The lowest BCUT2D eigenvalue weighted by atomic mass is 10.1. The van der Waals surface area contributed by atoms with E-state index in [9.17, 15) is 9.59 Å². The highest BCUT2D eigenvalue weighted by molar-refractivity contribution is 7.99. The molecule has 0 aliphatic carbocycles. The van der Waals surface area contributed by atoms with Gasteiger partial charge in [0.15, 0.2) is 17.5 Å². The third-order valence-electron chi connectivity index (χ3n) is 5.27. The van der Waals surface area contributed by atoms with E-state index < -0.39 is 0 Å². The monoisotopic (exact) mass is 417 g/mol. The number of piperazine rings is 1. The summed E-state index contributed by atoms with van der Waals surface area (Å²) in [4.78, 5) is 29.2. The van der Waals surface area contributed by atoms with Crippen molar-refractivity contribution in [1.82, 2.24) is 24.6 Å². The lowest BCUT2D eigenvalue weighted by Crippen LogP contribution is -3.15. The zero-order chi connectivity index (χ0) is 21.0. The van der Waals surface area contributed by atoms with Crippen LogP contribution in [0, 0.1) is 6.92 Å². The predicted molar refractivity (Wildman–Crippen MR) is 113 cm³/mol. The molecule has 2 heterocycles. The highest BCUT2D eigenvalue weighted by Crippen LogP contribution is 2.25. The molecule has 29 heavy (non-hydrogen) atoms. The minimum atomic E-state index is 0.105. The molecule has 0 atom stereocenters. The van der Waals surface area contributed by atoms with Crippen molar-refractivity contribution in [2.45, 2.75) is 12.1 Å². The third kappa shape index (κ3) is 5.16. The molecule has 1 aromatic carbocycles. The number of aryl methyl sites for hydroxylation is 1. The van der Waals surface area contributed by atoms with Crippen molar-refractivity contribution in [3.63, 3.8) is 0 Å². The minimum absolute atomic E-state index is 0.105. The van der Waals surface area contributed by atoms with E-state index in [1.54, 1.807) is 19.0 Å². The fourth-order valence-electron chi connectivity index (χ4n) is 3.34. The van der Waals surface area contributed by atoms with E-state index in [0.29, 0.717) is 25.4 Å². The van der Waals surface area contributed by atoms with Gasteiger partial charge in [0.2, 0.25) is 5.91 Å². The molecule has 2 amide bonds. The number of likely N-dealkylation sites (N-methyl/N-ethyl adjacent to an activating group) is 1. The van der Waals surface area contributed by atoms with Gasteiger partial charge in [0.05, 0.1) is 31.9 Å². The summed E-state index contributed by atoms with van der Waals surface area (Å²) in [5.41, 5.74) is 2.19.